The first-order chi connectivity index (χ1) is 12.2. The van der Waals surface area contributed by atoms with E-state index in [-0.39, 0.29) is 11.7 Å². The van der Waals surface area contributed by atoms with Gasteiger partial charge in [-0.3, -0.25) is 0 Å². The number of carbonyl (C=O) groups excluding carboxylic acids is 1. The van der Waals surface area contributed by atoms with E-state index in [0.29, 0.717) is 5.57 Å². The number of rotatable bonds is 3. The average Bonchev–Trinajstić information content (AvgIpc) is 3.01. The summed E-state index contributed by atoms with van der Waals surface area (Å²) in [4.78, 5) is 12.7. The Balaban J connectivity index is 1.94. The van der Waals surface area contributed by atoms with Crippen molar-refractivity contribution in [2.24, 2.45) is 0 Å². The lowest BCUT2D eigenvalue weighted by molar-refractivity contribution is -0.137. The summed E-state index contributed by atoms with van der Waals surface area (Å²) in [6, 6.07) is 26.2. The highest BCUT2D eigenvalue weighted by Gasteiger charge is 2.36. The van der Waals surface area contributed by atoms with Crippen LogP contribution in [0.15, 0.2) is 84.9 Å². The lowest BCUT2D eigenvalue weighted by Crippen LogP contribution is -2.03. The van der Waals surface area contributed by atoms with Gasteiger partial charge in [-0.2, -0.15) is 0 Å². The van der Waals surface area contributed by atoms with Gasteiger partial charge in [0.15, 0.2) is 6.10 Å². The van der Waals surface area contributed by atoms with Crippen molar-refractivity contribution in [2.45, 2.75) is 6.10 Å². The van der Waals surface area contributed by atoms with Crippen LogP contribution in [0.2, 0.25) is 0 Å². The van der Waals surface area contributed by atoms with Gasteiger partial charge in [0.25, 0.3) is 0 Å². The molecule has 1 aliphatic heterocycles. The molecule has 0 fully saturated rings. The monoisotopic (exact) mass is 328 g/mol. The van der Waals surface area contributed by atoms with Crippen molar-refractivity contribution in [1.82, 2.24) is 0 Å². The van der Waals surface area contributed by atoms with E-state index < -0.39 is 6.10 Å². The summed E-state index contributed by atoms with van der Waals surface area (Å²) in [5, 5.41) is 9.55. The molecule has 3 aromatic carbocycles. The zero-order valence-corrected chi connectivity index (χ0v) is 13.4. The Hall–Kier alpha value is -3.33. The zero-order chi connectivity index (χ0) is 17.2. The van der Waals surface area contributed by atoms with Gasteiger partial charge in [-0.15, -0.1) is 0 Å². The van der Waals surface area contributed by atoms with Crippen LogP contribution < -0.4 is 0 Å². The molecule has 1 atom stereocenters. The number of hydrogen-bond donors (Lipinski definition) is 1. The molecule has 0 aromatic heterocycles. The fraction of sp³-hybridized carbons (Fsp3) is 0.0455. The number of benzene rings is 3. The van der Waals surface area contributed by atoms with E-state index in [1.807, 2.05) is 60.7 Å². The van der Waals surface area contributed by atoms with E-state index in [0.717, 1.165) is 22.3 Å². The molecule has 3 aromatic rings. The molecule has 0 bridgehead atoms. The first kappa shape index (κ1) is 15.2. The largest absolute Gasteiger partial charge is 0.508 e. The Bertz CT molecular complexity index is 926. The highest BCUT2D eigenvalue weighted by molar-refractivity contribution is 6.28. The van der Waals surface area contributed by atoms with Crippen molar-refractivity contribution >= 4 is 17.1 Å². The Kier molecular flexibility index (Phi) is 3.82. The Morgan fingerprint density at radius 2 is 1.32 bits per heavy atom. The summed E-state index contributed by atoms with van der Waals surface area (Å²) in [7, 11) is 0. The molecule has 3 nitrogen and oxygen atoms in total. The van der Waals surface area contributed by atoms with E-state index in [4.69, 9.17) is 4.74 Å². The van der Waals surface area contributed by atoms with Crippen molar-refractivity contribution in [2.75, 3.05) is 0 Å². The molecular formula is C22H16O3. The maximum absolute atomic E-state index is 12.7. The van der Waals surface area contributed by atoms with E-state index in [1.54, 1.807) is 24.3 Å². The minimum atomic E-state index is -0.445. The van der Waals surface area contributed by atoms with Gasteiger partial charge in [-0.05, 0) is 28.8 Å². The predicted octanol–water partition coefficient (Wildman–Crippen LogP) is 4.60. The van der Waals surface area contributed by atoms with Crippen LogP contribution in [-0.4, -0.2) is 11.1 Å². The molecule has 0 radical (unpaired) electrons. The van der Waals surface area contributed by atoms with Crippen molar-refractivity contribution in [3.63, 3.8) is 0 Å². The van der Waals surface area contributed by atoms with Crippen LogP contribution in [0.25, 0.3) is 11.1 Å². The number of esters is 1. The quantitative estimate of drug-likeness (QED) is 0.715. The summed E-state index contributed by atoms with van der Waals surface area (Å²) in [5.41, 5.74) is 4.01. The first-order valence-electron chi connectivity index (χ1n) is 8.09. The molecule has 3 heteroatoms. The van der Waals surface area contributed by atoms with Crippen molar-refractivity contribution < 1.29 is 14.6 Å². The molecule has 0 saturated heterocycles. The fourth-order valence-corrected chi connectivity index (χ4v) is 3.14. The van der Waals surface area contributed by atoms with Gasteiger partial charge in [-0.25, -0.2) is 4.79 Å². The Labute approximate surface area is 145 Å². The number of ether oxygens (including phenoxy) is 1. The Morgan fingerprint density at radius 1 is 0.720 bits per heavy atom. The van der Waals surface area contributed by atoms with E-state index >= 15 is 0 Å². The standard InChI is InChI=1S/C22H16O3/c23-18-13-11-16(12-14-18)20-19(15-7-3-1-4-8-15)21(25-22(20)24)17-9-5-2-6-10-17/h1-14,21,23H. The Morgan fingerprint density at radius 3 is 1.96 bits per heavy atom. The van der Waals surface area contributed by atoms with Crippen LogP contribution >= 0.6 is 0 Å². The second kappa shape index (κ2) is 6.29. The minimum absolute atomic E-state index is 0.164. The fourth-order valence-electron chi connectivity index (χ4n) is 3.14. The molecule has 1 unspecified atom stereocenters. The lowest BCUT2D eigenvalue weighted by Gasteiger charge is -2.15. The van der Waals surface area contributed by atoms with Gasteiger partial charge in [0.1, 0.15) is 5.75 Å². The van der Waals surface area contributed by atoms with E-state index in [9.17, 15) is 9.90 Å². The molecule has 1 N–H and O–H groups in total. The highest BCUT2D eigenvalue weighted by atomic mass is 16.5. The van der Waals surface area contributed by atoms with Gasteiger partial charge in [0.2, 0.25) is 0 Å². The third-order valence-corrected chi connectivity index (χ3v) is 4.30. The third kappa shape index (κ3) is 2.81. The van der Waals surface area contributed by atoms with Crippen LogP contribution in [0.5, 0.6) is 5.75 Å². The predicted molar refractivity (Wildman–Crippen MR) is 96.6 cm³/mol. The number of phenols is 1. The molecule has 4 rings (SSSR count). The second-order valence-electron chi connectivity index (χ2n) is 5.90. The van der Waals surface area contributed by atoms with Crippen molar-refractivity contribution in [1.29, 1.82) is 0 Å². The van der Waals surface area contributed by atoms with E-state index in [1.165, 1.54) is 0 Å². The third-order valence-electron chi connectivity index (χ3n) is 4.30. The van der Waals surface area contributed by atoms with Gasteiger partial charge < -0.3 is 9.84 Å². The van der Waals surface area contributed by atoms with Crippen LogP contribution in [0, 0.1) is 0 Å². The SMILES string of the molecule is O=C1OC(c2ccccc2)C(c2ccccc2)=C1c1ccc(O)cc1. The molecule has 1 aliphatic rings. The molecule has 25 heavy (non-hydrogen) atoms. The maximum atomic E-state index is 12.7. The van der Waals surface area contributed by atoms with Crippen molar-refractivity contribution in [3.8, 4) is 5.75 Å². The minimum Gasteiger partial charge on any atom is -0.508 e. The molecular weight excluding hydrogens is 312 g/mol. The number of aromatic hydroxyl groups is 1. The number of carbonyl (C=O) groups is 1. The summed E-state index contributed by atoms with van der Waals surface area (Å²) >= 11 is 0. The molecule has 122 valence electrons. The maximum Gasteiger partial charge on any atom is 0.340 e. The normalized spacial score (nSPS) is 16.8. The molecule has 0 amide bonds. The summed E-state index contributed by atoms with van der Waals surface area (Å²) in [6.45, 7) is 0. The van der Waals surface area contributed by atoms with Gasteiger partial charge in [0.05, 0.1) is 5.57 Å². The lowest BCUT2D eigenvalue weighted by atomic mass is 9.90. The smallest absolute Gasteiger partial charge is 0.340 e. The van der Waals surface area contributed by atoms with Crippen LogP contribution in [-0.2, 0) is 9.53 Å². The van der Waals surface area contributed by atoms with Crippen molar-refractivity contribution in [3.05, 3.63) is 102 Å². The number of phenolic OH excluding ortho intramolecular Hbond substituents is 1. The molecule has 0 saturated carbocycles. The molecule has 0 spiro atoms. The average molecular weight is 328 g/mol. The molecule has 1 heterocycles. The van der Waals surface area contributed by atoms with Crippen LogP contribution in [0.3, 0.4) is 0 Å². The van der Waals surface area contributed by atoms with Gasteiger partial charge in [-0.1, -0.05) is 72.8 Å². The van der Waals surface area contributed by atoms with Gasteiger partial charge in [0, 0.05) is 5.57 Å². The van der Waals surface area contributed by atoms with Crippen LogP contribution in [0.1, 0.15) is 22.8 Å². The number of cyclic esters (lactones) is 1. The van der Waals surface area contributed by atoms with E-state index in [2.05, 4.69) is 0 Å². The highest BCUT2D eigenvalue weighted by Crippen LogP contribution is 2.45. The summed E-state index contributed by atoms with van der Waals surface area (Å²) < 4.78 is 5.74. The summed E-state index contributed by atoms with van der Waals surface area (Å²) in [5.74, 6) is -0.185. The molecule has 0 aliphatic carbocycles. The van der Waals surface area contributed by atoms with Gasteiger partial charge >= 0.3 is 5.97 Å². The number of hydrogen-bond acceptors (Lipinski definition) is 3. The van der Waals surface area contributed by atoms with Crippen LogP contribution in [0.4, 0.5) is 0 Å². The first-order valence-corrected chi connectivity index (χ1v) is 8.09. The topological polar surface area (TPSA) is 46.5 Å². The zero-order valence-electron chi connectivity index (χ0n) is 13.4. The second-order valence-corrected chi connectivity index (χ2v) is 5.90. The summed E-state index contributed by atoms with van der Waals surface area (Å²) in [6.07, 6.45) is -0.445.